The smallest absolute Gasteiger partial charge is 0.251 e. The summed E-state index contributed by atoms with van der Waals surface area (Å²) in [5.74, 6) is 1.22. The Hall–Kier alpha value is -3.98. The summed E-state index contributed by atoms with van der Waals surface area (Å²) in [4.78, 5) is 30.5. The van der Waals surface area contributed by atoms with Gasteiger partial charge in [-0.25, -0.2) is 14.4 Å². The number of aromatic nitrogens is 3. The quantitative estimate of drug-likeness (QED) is 0.258. The summed E-state index contributed by atoms with van der Waals surface area (Å²) in [5, 5.41) is 3.64. The van der Waals surface area contributed by atoms with Crippen molar-refractivity contribution >= 4 is 29.2 Å². The molecule has 0 atom stereocenters. The molecule has 9 heteroatoms. The van der Waals surface area contributed by atoms with E-state index in [1.807, 2.05) is 61.5 Å². The molecule has 0 aliphatic carbocycles. The summed E-state index contributed by atoms with van der Waals surface area (Å²) >= 11 is 1.55. The van der Waals surface area contributed by atoms with Gasteiger partial charge in [0.05, 0.1) is 5.69 Å². The lowest BCUT2D eigenvalue weighted by Crippen LogP contribution is -2.47. The molecule has 1 aliphatic heterocycles. The molecule has 0 spiro atoms. The summed E-state index contributed by atoms with van der Waals surface area (Å²) in [6.45, 7) is 5.36. The Kier molecular flexibility index (Phi) is 8.13. The van der Waals surface area contributed by atoms with Crippen molar-refractivity contribution in [2.45, 2.75) is 24.4 Å². The maximum absolute atomic E-state index is 14.2. The van der Waals surface area contributed by atoms with Crippen LogP contribution in [0.5, 0.6) is 0 Å². The van der Waals surface area contributed by atoms with Gasteiger partial charge in [-0.05, 0) is 48.4 Å². The second-order valence-electron chi connectivity index (χ2n) is 9.11. The van der Waals surface area contributed by atoms with Crippen molar-refractivity contribution in [3.63, 3.8) is 0 Å². The van der Waals surface area contributed by atoms with Crippen LogP contribution in [0, 0.1) is 12.7 Å². The number of para-hydroxylation sites is 1. The van der Waals surface area contributed by atoms with E-state index in [4.69, 9.17) is 4.98 Å². The zero-order valence-corrected chi connectivity index (χ0v) is 22.0. The van der Waals surface area contributed by atoms with Crippen LogP contribution >= 0.6 is 11.8 Å². The average Bonchev–Trinajstić information content (AvgIpc) is 2.96. The highest BCUT2D eigenvalue weighted by atomic mass is 32.2. The van der Waals surface area contributed by atoms with Crippen molar-refractivity contribution in [3.8, 4) is 0 Å². The molecule has 7 nitrogen and oxygen atoms in total. The lowest BCUT2D eigenvalue weighted by atomic mass is 10.1. The Morgan fingerprint density at radius 3 is 2.53 bits per heavy atom. The molecule has 0 bridgehead atoms. The van der Waals surface area contributed by atoms with E-state index < -0.39 is 0 Å². The lowest BCUT2D eigenvalue weighted by Gasteiger charge is -2.37. The summed E-state index contributed by atoms with van der Waals surface area (Å²) in [6.07, 6.45) is 3.45. The topological polar surface area (TPSA) is 74.2 Å². The number of halogens is 1. The Labute approximate surface area is 226 Å². The van der Waals surface area contributed by atoms with Crippen LogP contribution in [0.2, 0.25) is 0 Å². The van der Waals surface area contributed by atoms with Gasteiger partial charge in [-0.2, -0.15) is 0 Å². The summed E-state index contributed by atoms with van der Waals surface area (Å²) in [7, 11) is 0. The van der Waals surface area contributed by atoms with E-state index in [2.05, 4.69) is 25.1 Å². The SMILES string of the molecule is Cc1cc(N2CCN(c3ccccc3F)CC2)nc(SCc2cccc(C(=O)NCc3cccnc3)c2)n1. The van der Waals surface area contributed by atoms with E-state index in [0.717, 1.165) is 48.8 Å². The first-order valence-corrected chi connectivity index (χ1v) is 13.5. The molecule has 4 aromatic rings. The summed E-state index contributed by atoms with van der Waals surface area (Å²) < 4.78 is 14.2. The highest BCUT2D eigenvalue weighted by Crippen LogP contribution is 2.25. The van der Waals surface area contributed by atoms with E-state index in [1.54, 1.807) is 30.2 Å². The molecule has 3 heterocycles. The normalized spacial score (nSPS) is 13.4. The first-order valence-electron chi connectivity index (χ1n) is 12.5. The average molecular weight is 529 g/mol. The lowest BCUT2D eigenvalue weighted by molar-refractivity contribution is 0.0951. The highest BCUT2D eigenvalue weighted by molar-refractivity contribution is 7.98. The molecule has 0 saturated carbocycles. The van der Waals surface area contributed by atoms with Gasteiger partial charge in [0.15, 0.2) is 5.16 Å². The molecule has 0 radical (unpaired) electrons. The Morgan fingerprint density at radius 1 is 0.947 bits per heavy atom. The van der Waals surface area contributed by atoms with Gasteiger partial charge < -0.3 is 15.1 Å². The maximum atomic E-state index is 14.2. The minimum absolute atomic E-state index is 0.121. The van der Waals surface area contributed by atoms with Gasteiger partial charge in [-0.3, -0.25) is 9.78 Å². The van der Waals surface area contributed by atoms with Crippen LogP contribution in [0.4, 0.5) is 15.9 Å². The maximum Gasteiger partial charge on any atom is 0.251 e. The minimum Gasteiger partial charge on any atom is -0.366 e. The number of piperazine rings is 1. The van der Waals surface area contributed by atoms with E-state index in [9.17, 15) is 9.18 Å². The van der Waals surface area contributed by atoms with E-state index >= 15 is 0 Å². The predicted molar refractivity (Wildman–Crippen MR) is 149 cm³/mol. The third kappa shape index (κ3) is 6.47. The van der Waals surface area contributed by atoms with Crippen LogP contribution in [-0.4, -0.2) is 47.0 Å². The number of pyridine rings is 1. The Bertz CT molecular complexity index is 1390. The first-order chi connectivity index (χ1) is 18.5. The largest absolute Gasteiger partial charge is 0.366 e. The fourth-order valence-corrected chi connectivity index (χ4v) is 5.22. The number of nitrogens with zero attached hydrogens (tertiary/aromatic N) is 5. The highest BCUT2D eigenvalue weighted by Gasteiger charge is 2.21. The van der Waals surface area contributed by atoms with Crippen LogP contribution in [0.3, 0.4) is 0 Å². The van der Waals surface area contributed by atoms with Crippen LogP contribution in [0.1, 0.15) is 27.2 Å². The van der Waals surface area contributed by atoms with Gasteiger partial charge in [0.2, 0.25) is 0 Å². The van der Waals surface area contributed by atoms with Gasteiger partial charge >= 0.3 is 0 Å². The number of aryl methyl sites for hydroxylation is 1. The van der Waals surface area contributed by atoms with Crippen LogP contribution in [-0.2, 0) is 12.3 Å². The summed E-state index contributed by atoms with van der Waals surface area (Å²) in [6, 6.07) is 20.3. The van der Waals surface area contributed by atoms with Crippen molar-refractivity contribution < 1.29 is 9.18 Å². The van der Waals surface area contributed by atoms with Crippen molar-refractivity contribution in [2.75, 3.05) is 36.0 Å². The molecule has 38 heavy (non-hydrogen) atoms. The fraction of sp³-hybridized carbons (Fsp3) is 0.241. The Morgan fingerprint density at radius 2 is 1.74 bits per heavy atom. The van der Waals surface area contributed by atoms with E-state index in [0.29, 0.717) is 28.7 Å². The molecule has 194 valence electrons. The molecular formula is C29H29FN6OS. The van der Waals surface area contributed by atoms with Crippen molar-refractivity contribution in [1.82, 2.24) is 20.3 Å². The second-order valence-corrected chi connectivity index (χ2v) is 10.1. The molecule has 0 unspecified atom stereocenters. The molecule has 1 saturated heterocycles. The van der Waals surface area contributed by atoms with Crippen molar-refractivity contribution in [2.24, 2.45) is 0 Å². The van der Waals surface area contributed by atoms with Gasteiger partial charge in [0.25, 0.3) is 5.91 Å². The number of rotatable bonds is 8. The number of amides is 1. The zero-order valence-electron chi connectivity index (χ0n) is 21.2. The molecule has 1 N–H and O–H groups in total. The molecule has 5 rings (SSSR count). The van der Waals surface area contributed by atoms with Gasteiger partial charge in [0.1, 0.15) is 11.6 Å². The first kappa shape index (κ1) is 25.7. The second kappa shape index (κ2) is 12.0. The molecular weight excluding hydrogens is 499 g/mol. The van der Waals surface area contributed by atoms with Crippen LogP contribution in [0.15, 0.2) is 84.3 Å². The molecule has 1 amide bonds. The summed E-state index contributed by atoms with van der Waals surface area (Å²) in [5.41, 5.74) is 4.14. The molecule has 2 aromatic carbocycles. The minimum atomic E-state index is -0.187. The van der Waals surface area contributed by atoms with Crippen molar-refractivity contribution in [1.29, 1.82) is 0 Å². The monoisotopic (exact) mass is 528 g/mol. The van der Waals surface area contributed by atoms with Gasteiger partial charge in [-0.15, -0.1) is 0 Å². The third-order valence-electron chi connectivity index (χ3n) is 6.35. The molecule has 1 aliphatic rings. The number of benzene rings is 2. The number of hydrogen-bond donors (Lipinski definition) is 1. The predicted octanol–water partition coefficient (Wildman–Crippen LogP) is 4.87. The van der Waals surface area contributed by atoms with Crippen LogP contribution < -0.4 is 15.1 Å². The fourth-order valence-electron chi connectivity index (χ4n) is 4.37. The molecule has 2 aromatic heterocycles. The number of anilines is 2. The standard InChI is InChI=1S/C29H29FN6OS/c1-21-16-27(36-14-12-35(13-15-36)26-10-3-2-9-25(26)30)34-29(33-21)38-20-22-6-4-8-24(17-22)28(37)32-19-23-7-5-11-31-18-23/h2-11,16-18H,12-15,19-20H2,1H3,(H,32,37). The number of carbonyl (C=O) groups excluding carboxylic acids is 1. The number of carbonyl (C=O) groups is 1. The van der Waals surface area contributed by atoms with Gasteiger partial charge in [0, 0.05) is 68.2 Å². The van der Waals surface area contributed by atoms with E-state index in [-0.39, 0.29) is 11.7 Å². The zero-order chi connectivity index (χ0) is 26.3. The number of hydrogen-bond acceptors (Lipinski definition) is 7. The van der Waals surface area contributed by atoms with Crippen molar-refractivity contribution in [3.05, 3.63) is 107 Å². The Balaban J connectivity index is 1.19. The van der Waals surface area contributed by atoms with Crippen LogP contribution in [0.25, 0.3) is 0 Å². The number of thioether (sulfide) groups is 1. The number of nitrogens with one attached hydrogen (secondary N) is 1. The van der Waals surface area contributed by atoms with Gasteiger partial charge in [-0.1, -0.05) is 42.1 Å². The molecule has 1 fully saturated rings. The van der Waals surface area contributed by atoms with E-state index in [1.165, 1.54) is 6.07 Å². The third-order valence-corrected chi connectivity index (χ3v) is 7.27.